The number of hydrogen-bond donors (Lipinski definition) is 1. The van der Waals surface area contributed by atoms with E-state index in [1.807, 2.05) is 0 Å². The molecule has 0 aliphatic rings. The first-order chi connectivity index (χ1) is 15.0. The molecule has 31 heavy (non-hydrogen) atoms. The minimum Gasteiger partial charge on any atom is -0.494 e. The molecule has 0 saturated carbocycles. The largest absolute Gasteiger partial charge is 0.494 e. The summed E-state index contributed by atoms with van der Waals surface area (Å²) < 4.78 is 52.1. The molecule has 2 heterocycles. The third kappa shape index (κ3) is 4.53. The fourth-order valence-corrected chi connectivity index (χ4v) is 4.01. The lowest BCUT2D eigenvalue weighted by molar-refractivity contribution is 0.385. The number of hydrogen-bond acceptors (Lipinski definition) is 7. The molecule has 158 valence electrons. The molecule has 0 aliphatic carbocycles. The fourth-order valence-electron chi connectivity index (χ4n) is 2.89. The summed E-state index contributed by atoms with van der Waals surface area (Å²) in [6.45, 7) is 0. The molecule has 0 saturated heterocycles. The first kappa shape index (κ1) is 20.5. The number of nitrogens with zero attached hydrogens (tertiary/aromatic N) is 3. The normalized spacial score (nSPS) is 11.3. The first-order valence-electron chi connectivity index (χ1n) is 9.13. The zero-order valence-electron chi connectivity index (χ0n) is 16.3. The van der Waals surface area contributed by atoms with Gasteiger partial charge in [-0.3, -0.25) is 9.71 Å². The lowest BCUT2D eigenvalue weighted by atomic mass is 10.1. The van der Waals surface area contributed by atoms with E-state index in [2.05, 4.69) is 19.8 Å². The van der Waals surface area contributed by atoms with Gasteiger partial charge in [0, 0.05) is 18.0 Å². The lowest BCUT2D eigenvalue weighted by Gasteiger charge is -2.12. The van der Waals surface area contributed by atoms with Crippen LogP contribution in [0.25, 0.3) is 11.4 Å². The Morgan fingerprint density at radius 3 is 2.71 bits per heavy atom. The van der Waals surface area contributed by atoms with E-state index < -0.39 is 15.8 Å². The van der Waals surface area contributed by atoms with Crippen molar-refractivity contribution in [1.29, 1.82) is 0 Å². The molecule has 1 N–H and O–H groups in total. The zero-order valence-corrected chi connectivity index (χ0v) is 17.1. The molecule has 0 atom stereocenters. The molecule has 2 aromatic heterocycles. The van der Waals surface area contributed by atoms with Crippen molar-refractivity contribution in [1.82, 2.24) is 15.1 Å². The number of methoxy groups -OCH3 is 1. The van der Waals surface area contributed by atoms with Crippen molar-refractivity contribution < 1.29 is 22.1 Å². The standard InChI is InChI=1S/C21H17FN4O4S/c1-29-19-9-8-16(12-17(19)22)31(27,28)26-18-7-3-2-5-14(18)11-20-24-21(25-30-20)15-6-4-10-23-13-15/h2-10,12-13,26H,11H2,1H3. The molecule has 0 unspecified atom stereocenters. The number of benzene rings is 2. The summed E-state index contributed by atoms with van der Waals surface area (Å²) in [5.74, 6) is -0.122. The Labute approximate surface area is 177 Å². The third-order valence-electron chi connectivity index (χ3n) is 4.42. The minimum atomic E-state index is -4.03. The summed E-state index contributed by atoms with van der Waals surface area (Å²) in [5, 5.41) is 3.94. The topological polar surface area (TPSA) is 107 Å². The third-order valence-corrected chi connectivity index (χ3v) is 5.79. The van der Waals surface area contributed by atoms with E-state index in [-0.39, 0.29) is 17.1 Å². The second-order valence-corrected chi connectivity index (χ2v) is 8.17. The number of ether oxygens (including phenoxy) is 1. The number of sulfonamides is 1. The number of aromatic nitrogens is 3. The van der Waals surface area contributed by atoms with Crippen molar-refractivity contribution in [3.63, 3.8) is 0 Å². The van der Waals surface area contributed by atoms with Crippen LogP contribution in [0, 0.1) is 5.82 Å². The van der Waals surface area contributed by atoms with Gasteiger partial charge in [-0.05, 0) is 42.0 Å². The second-order valence-electron chi connectivity index (χ2n) is 6.49. The predicted molar refractivity (Wildman–Crippen MR) is 111 cm³/mol. The molecule has 0 fully saturated rings. The van der Waals surface area contributed by atoms with Crippen LogP contribution in [0.4, 0.5) is 10.1 Å². The number of nitrogens with one attached hydrogen (secondary N) is 1. The number of halogens is 1. The summed E-state index contributed by atoms with van der Waals surface area (Å²) in [6.07, 6.45) is 3.45. The average molecular weight is 440 g/mol. The monoisotopic (exact) mass is 440 g/mol. The zero-order chi connectivity index (χ0) is 21.8. The maximum Gasteiger partial charge on any atom is 0.262 e. The first-order valence-corrected chi connectivity index (χ1v) is 10.6. The highest BCUT2D eigenvalue weighted by Gasteiger charge is 2.19. The van der Waals surface area contributed by atoms with E-state index in [1.165, 1.54) is 19.2 Å². The SMILES string of the molecule is COc1ccc(S(=O)(=O)Nc2ccccc2Cc2nc(-c3cccnc3)no2)cc1F. The number of anilines is 1. The van der Waals surface area contributed by atoms with Crippen molar-refractivity contribution in [3.05, 3.63) is 84.3 Å². The number of pyridine rings is 1. The molecular formula is C21H17FN4O4S. The molecule has 2 aromatic carbocycles. The van der Waals surface area contributed by atoms with Crippen LogP contribution >= 0.6 is 0 Å². The Morgan fingerprint density at radius 2 is 1.97 bits per heavy atom. The van der Waals surface area contributed by atoms with Gasteiger partial charge in [0.15, 0.2) is 11.6 Å². The Morgan fingerprint density at radius 1 is 1.13 bits per heavy atom. The Kier molecular flexibility index (Phi) is 5.63. The maximum atomic E-state index is 14.0. The molecule has 4 rings (SSSR count). The molecule has 0 bridgehead atoms. The van der Waals surface area contributed by atoms with E-state index in [1.54, 1.807) is 48.8 Å². The maximum absolute atomic E-state index is 14.0. The van der Waals surface area contributed by atoms with Gasteiger partial charge in [-0.25, -0.2) is 12.8 Å². The van der Waals surface area contributed by atoms with Crippen LogP contribution in [0.5, 0.6) is 5.75 Å². The van der Waals surface area contributed by atoms with Crippen molar-refractivity contribution in [2.24, 2.45) is 0 Å². The van der Waals surface area contributed by atoms with Crippen LogP contribution in [0.2, 0.25) is 0 Å². The smallest absolute Gasteiger partial charge is 0.262 e. The summed E-state index contributed by atoms with van der Waals surface area (Å²) in [7, 11) is -2.73. The van der Waals surface area contributed by atoms with Crippen molar-refractivity contribution in [2.75, 3.05) is 11.8 Å². The van der Waals surface area contributed by atoms with E-state index in [4.69, 9.17) is 9.26 Å². The molecule has 10 heteroatoms. The van der Waals surface area contributed by atoms with Crippen LogP contribution in [-0.2, 0) is 16.4 Å². The summed E-state index contributed by atoms with van der Waals surface area (Å²) in [5.41, 5.74) is 1.63. The van der Waals surface area contributed by atoms with Crippen molar-refractivity contribution in [2.45, 2.75) is 11.3 Å². The minimum absolute atomic E-state index is 0.0415. The van der Waals surface area contributed by atoms with Gasteiger partial charge in [0.1, 0.15) is 0 Å². The summed E-state index contributed by atoms with van der Waals surface area (Å²) in [4.78, 5) is 8.14. The summed E-state index contributed by atoms with van der Waals surface area (Å²) in [6, 6.07) is 13.8. The van der Waals surface area contributed by atoms with Gasteiger partial charge >= 0.3 is 0 Å². The summed E-state index contributed by atoms with van der Waals surface area (Å²) >= 11 is 0. The Hall–Kier alpha value is -3.79. The van der Waals surface area contributed by atoms with E-state index >= 15 is 0 Å². The van der Waals surface area contributed by atoms with Gasteiger partial charge in [-0.15, -0.1) is 0 Å². The van der Waals surface area contributed by atoms with E-state index in [9.17, 15) is 12.8 Å². The van der Waals surface area contributed by atoms with E-state index in [0.717, 1.165) is 6.07 Å². The highest BCUT2D eigenvalue weighted by atomic mass is 32.2. The highest BCUT2D eigenvalue weighted by molar-refractivity contribution is 7.92. The quantitative estimate of drug-likeness (QED) is 0.467. The molecule has 0 aliphatic heterocycles. The Bertz CT molecular complexity index is 1310. The second kappa shape index (κ2) is 8.52. The molecular weight excluding hydrogens is 423 g/mol. The molecule has 0 radical (unpaired) electrons. The van der Waals surface area contributed by atoms with Gasteiger partial charge in [-0.2, -0.15) is 4.98 Å². The lowest BCUT2D eigenvalue weighted by Crippen LogP contribution is -2.14. The Balaban J connectivity index is 1.58. The number of para-hydroxylation sites is 1. The van der Waals surface area contributed by atoms with Gasteiger partial charge in [0.2, 0.25) is 11.7 Å². The van der Waals surface area contributed by atoms with Crippen LogP contribution in [0.15, 0.2) is 76.4 Å². The average Bonchev–Trinajstić information content (AvgIpc) is 3.24. The van der Waals surface area contributed by atoms with E-state index in [0.29, 0.717) is 28.5 Å². The van der Waals surface area contributed by atoms with Crippen LogP contribution < -0.4 is 9.46 Å². The van der Waals surface area contributed by atoms with Crippen LogP contribution in [0.3, 0.4) is 0 Å². The van der Waals surface area contributed by atoms with Gasteiger partial charge in [-0.1, -0.05) is 23.4 Å². The molecule has 4 aromatic rings. The van der Waals surface area contributed by atoms with Crippen molar-refractivity contribution in [3.8, 4) is 17.1 Å². The molecule has 0 spiro atoms. The van der Waals surface area contributed by atoms with Gasteiger partial charge in [0.25, 0.3) is 10.0 Å². The van der Waals surface area contributed by atoms with Gasteiger partial charge in [0.05, 0.1) is 24.1 Å². The fraction of sp³-hybridized carbons (Fsp3) is 0.0952. The van der Waals surface area contributed by atoms with Gasteiger partial charge < -0.3 is 9.26 Å². The molecule has 8 nitrogen and oxygen atoms in total. The predicted octanol–water partition coefficient (Wildman–Crippen LogP) is 3.67. The van der Waals surface area contributed by atoms with Crippen LogP contribution in [-0.4, -0.2) is 30.7 Å². The molecule has 0 amide bonds. The highest BCUT2D eigenvalue weighted by Crippen LogP contribution is 2.25. The van der Waals surface area contributed by atoms with Crippen LogP contribution in [0.1, 0.15) is 11.5 Å². The number of rotatable bonds is 7. The van der Waals surface area contributed by atoms with Crippen molar-refractivity contribution >= 4 is 15.7 Å².